The van der Waals surface area contributed by atoms with E-state index in [1.165, 1.54) is 0 Å². The first-order valence-electron chi connectivity index (χ1n) is 6.91. The van der Waals surface area contributed by atoms with Crippen LogP contribution in [0.2, 0.25) is 0 Å². The number of hydrogen-bond acceptors (Lipinski definition) is 3. The highest BCUT2D eigenvalue weighted by Gasteiger charge is 2.21. The van der Waals surface area contributed by atoms with Gasteiger partial charge < -0.3 is 15.7 Å². The summed E-state index contributed by atoms with van der Waals surface area (Å²) in [7, 11) is 1.56. The maximum absolute atomic E-state index is 12.2. The standard InChI is InChI=1S/C15H20N2O3/c1-16-14(19)10-3-2-4-11(9-10)15(20)17-12-5-7-13(18)8-6-12/h2-4,9,12-13,18H,5-8H2,1H3,(H,16,19)(H,17,20). The van der Waals surface area contributed by atoms with Crippen LogP contribution in [0.4, 0.5) is 0 Å². The number of benzene rings is 1. The van der Waals surface area contributed by atoms with Gasteiger partial charge in [-0.2, -0.15) is 0 Å². The van der Waals surface area contributed by atoms with E-state index in [0.29, 0.717) is 11.1 Å². The van der Waals surface area contributed by atoms with Gasteiger partial charge in [-0.15, -0.1) is 0 Å². The number of rotatable bonds is 3. The highest BCUT2D eigenvalue weighted by molar-refractivity contribution is 5.99. The average Bonchev–Trinajstić information content (AvgIpc) is 2.49. The monoisotopic (exact) mass is 276 g/mol. The summed E-state index contributed by atoms with van der Waals surface area (Å²) in [5.74, 6) is -0.377. The third-order valence-corrected chi connectivity index (χ3v) is 3.65. The smallest absolute Gasteiger partial charge is 0.251 e. The van der Waals surface area contributed by atoms with Crippen molar-refractivity contribution in [3.8, 4) is 0 Å². The molecule has 1 aliphatic carbocycles. The molecule has 0 aliphatic heterocycles. The van der Waals surface area contributed by atoms with Gasteiger partial charge in [-0.25, -0.2) is 0 Å². The van der Waals surface area contributed by atoms with E-state index in [9.17, 15) is 14.7 Å². The summed E-state index contributed by atoms with van der Waals surface area (Å²) in [6.45, 7) is 0. The Morgan fingerprint density at radius 1 is 1.10 bits per heavy atom. The first-order valence-corrected chi connectivity index (χ1v) is 6.91. The Kier molecular flexibility index (Phi) is 4.74. The minimum atomic E-state index is -0.236. The number of carbonyl (C=O) groups excluding carboxylic acids is 2. The van der Waals surface area contributed by atoms with Gasteiger partial charge in [-0.05, 0) is 43.9 Å². The molecule has 2 rings (SSSR count). The van der Waals surface area contributed by atoms with Gasteiger partial charge in [0.25, 0.3) is 11.8 Å². The van der Waals surface area contributed by atoms with E-state index in [2.05, 4.69) is 10.6 Å². The zero-order chi connectivity index (χ0) is 14.5. The summed E-state index contributed by atoms with van der Waals surface area (Å²) in [4.78, 5) is 23.7. The predicted molar refractivity (Wildman–Crippen MR) is 75.6 cm³/mol. The minimum absolute atomic E-state index is 0.106. The number of aliphatic hydroxyl groups excluding tert-OH is 1. The molecule has 0 heterocycles. The minimum Gasteiger partial charge on any atom is -0.393 e. The molecule has 3 N–H and O–H groups in total. The molecule has 1 saturated carbocycles. The highest BCUT2D eigenvalue weighted by atomic mass is 16.3. The molecule has 0 radical (unpaired) electrons. The molecule has 0 atom stereocenters. The van der Waals surface area contributed by atoms with Crippen LogP contribution in [0.25, 0.3) is 0 Å². The SMILES string of the molecule is CNC(=O)c1cccc(C(=O)NC2CCC(O)CC2)c1. The van der Waals surface area contributed by atoms with Crippen LogP contribution < -0.4 is 10.6 Å². The van der Waals surface area contributed by atoms with Crippen molar-refractivity contribution in [2.75, 3.05) is 7.05 Å². The molecule has 5 nitrogen and oxygen atoms in total. The van der Waals surface area contributed by atoms with Crippen molar-refractivity contribution in [1.82, 2.24) is 10.6 Å². The molecule has 0 aromatic heterocycles. The predicted octanol–water partition coefficient (Wildman–Crippen LogP) is 1.08. The number of amides is 2. The molecule has 1 aromatic carbocycles. The molecule has 1 aromatic rings. The molecular weight excluding hydrogens is 256 g/mol. The van der Waals surface area contributed by atoms with Crippen LogP contribution >= 0.6 is 0 Å². The van der Waals surface area contributed by atoms with Crippen molar-refractivity contribution < 1.29 is 14.7 Å². The normalized spacial score (nSPS) is 22.1. The van der Waals surface area contributed by atoms with E-state index in [1.54, 1.807) is 31.3 Å². The second kappa shape index (κ2) is 6.52. The van der Waals surface area contributed by atoms with Crippen molar-refractivity contribution in [2.24, 2.45) is 0 Å². The van der Waals surface area contributed by atoms with Crippen LogP contribution in [0, 0.1) is 0 Å². The third kappa shape index (κ3) is 3.57. The highest BCUT2D eigenvalue weighted by Crippen LogP contribution is 2.18. The Morgan fingerprint density at radius 2 is 1.70 bits per heavy atom. The van der Waals surface area contributed by atoms with Gasteiger partial charge in [-0.3, -0.25) is 9.59 Å². The average molecular weight is 276 g/mol. The van der Waals surface area contributed by atoms with Crippen LogP contribution in [0.5, 0.6) is 0 Å². The maximum atomic E-state index is 12.2. The van der Waals surface area contributed by atoms with Crippen molar-refractivity contribution in [3.05, 3.63) is 35.4 Å². The molecule has 2 amide bonds. The number of nitrogens with one attached hydrogen (secondary N) is 2. The van der Waals surface area contributed by atoms with Gasteiger partial charge in [-0.1, -0.05) is 6.07 Å². The van der Waals surface area contributed by atoms with E-state index in [4.69, 9.17) is 0 Å². The fraction of sp³-hybridized carbons (Fsp3) is 0.467. The van der Waals surface area contributed by atoms with E-state index in [1.807, 2.05) is 0 Å². The summed E-state index contributed by atoms with van der Waals surface area (Å²) >= 11 is 0. The van der Waals surface area contributed by atoms with Crippen molar-refractivity contribution in [2.45, 2.75) is 37.8 Å². The molecule has 0 spiro atoms. The molecule has 1 fully saturated rings. The lowest BCUT2D eigenvalue weighted by Crippen LogP contribution is -2.38. The summed E-state index contributed by atoms with van der Waals surface area (Å²) in [5.41, 5.74) is 0.955. The second-order valence-corrected chi connectivity index (χ2v) is 5.14. The van der Waals surface area contributed by atoms with Crippen molar-refractivity contribution in [3.63, 3.8) is 0 Å². The zero-order valence-corrected chi connectivity index (χ0v) is 11.6. The van der Waals surface area contributed by atoms with Gasteiger partial charge in [0.2, 0.25) is 0 Å². The summed E-state index contributed by atoms with van der Waals surface area (Å²) < 4.78 is 0. The van der Waals surface area contributed by atoms with E-state index >= 15 is 0 Å². The van der Waals surface area contributed by atoms with Crippen molar-refractivity contribution in [1.29, 1.82) is 0 Å². The number of carbonyl (C=O) groups is 2. The lowest BCUT2D eigenvalue weighted by molar-refractivity contribution is 0.0867. The van der Waals surface area contributed by atoms with Crippen LogP contribution in [0.3, 0.4) is 0 Å². The molecule has 0 saturated heterocycles. The Hall–Kier alpha value is -1.88. The van der Waals surface area contributed by atoms with Crippen LogP contribution in [-0.4, -0.2) is 36.1 Å². The lowest BCUT2D eigenvalue weighted by Gasteiger charge is -2.26. The van der Waals surface area contributed by atoms with Gasteiger partial charge in [0.1, 0.15) is 0 Å². The fourth-order valence-electron chi connectivity index (χ4n) is 2.43. The van der Waals surface area contributed by atoms with Crippen LogP contribution in [0.15, 0.2) is 24.3 Å². The van der Waals surface area contributed by atoms with Gasteiger partial charge in [0.15, 0.2) is 0 Å². The zero-order valence-electron chi connectivity index (χ0n) is 11.6. The summed E-state index contributed by atoms with van der Waals surface area (Å²) in [6, 6.07) is 6.76. The van der Waals surface area contributed by atoms with Gasteiger partial charge in [0.05, 0.1) is 6.10 Å². The lowest BCUT2D eigenvalue weighted by atomic mass is 9.93. The second-order valence-electron chi connectivity index (χ2n) is 5.14. The Balaban J connectivity index is 2.00. The Bertz CT molecular complexity index is 494. The van der Waals surface area contributed by atoms with E-state index < -0.39 is 0 Å². The Morgan fingerprint density at radius 3 is 2.30 bits per heavy atom. The molecule has 1 aliphatic rings. The largest absolute Gasteiger partial charge is 0.393 e. The summed E-state index contributed by atoms with van der Waals surface area (Å²) in [5, 5.41) is 14.9. The first kappa shape index (κ1) is 14.5. The number of aliphatic hydroxyl groups is 1. The van der Waals surface area contributed by atoms with Crippen LogP contribution in [0.1, 0.15) is 46.4 Å². The molecule has 108 valence electrons. The first-order chi connectivity index (χ1) is 9.60. The topological polar surface area (TPSA) is 78.4 Å². The molecule has 5 heteroatoms. The maximum Gasteiger partial charge on any atom is 0.251 e. The molecule has 0 bridgehead atoms. The molecule has 0 unspecified atom stereocenters. The quantitative estimate of drug-likeness (QED) is 0.773. The Labute approximate surface area is 118 Å². The van der Waals surface area contributed by atoms with E-state index in [0.717, 1.165) is 25.7 Å². The number of hydrogen-bond donors (Lipinski definition) is 3. The third-order valence-electron chi connectivity index (χ3n) is 3.65. The van der Waals surface area contributed by atoms with Crippen LogP contribution in [-0.2, 0) is 0 Å². The fourth-order valence-corrected chi connectivity index (χ4v) is 2.43. The molecular formula is C15H20N2O3. The molecule has 20 heavy (non-hydrogen) atoms. The van der Waals surface area contributed by atoms with Gasteiger partial charge >= 0.3 is 0 Å². The van der Waals surface area contributed by atoms with Gasteiger partial charge in [0, 0.05) is 24.2 Å². The summed E-state index contributed by atoms with van der Waals surface area (Å²) in [6.07, 6.45) is 2.80. The van der Waals surface area contributed by atoms with Crippen molar-refractivity contribution >= 4 is 11.8 Å². The van der Waals surface area contributed by atoms with E-state index in [-0.39, 0.29) is 24.0 Å².